The lowest BCUT2D eigenvalue weighted by molar-refractivity contribution is -0.128. The first kappa shape index (κ1) is 18.8. The topological polar surface area (TPSA) is 69.6 Å². The van der Waals surface area contributed by atoms with E-state index in [2.05, 4.69) is 5.32 Å². The van der Waals surface area contributed by atoms with Crippen LogP contribution in [-0.4, -0.2) is 52.5 Å². The van der Waals surface area contributed by atoms with Crippen molar-refractivity contribution in [3.8, 4) is 0 Å². The van der Waals surface area contributed by atoms with Gasteiger partial charge in [0.25, 0.3) is 5.91 Å². The predicted molar refractivity (Wildman–Crippen MR) is 97.0 cm³/mol. The molecule has 2 atom stereocenters. The van der Waals surface area contributed by atoms with E-state index in [9.17, 15) is 14.7 Å². The molecule has 0 fully saturated rings. The average molecular weight is 350 g/mol. The SMILES string of the molecule is CSCC[C@H](CO)NC(=O)[C@H](C(C)C)N1Cc2ccccc2C1=O. The van der Waals surface area contributed by atoms with Crippen molar-refractivity contribution in [1.29, 1.82) is 0 Å². The second kappa shape index (κ2) is 8.53. The van der Waals surface area contributed by atoms with E-state index < -0.39 is 6.04 Å². The van der Waals surface area contributed by atoms with Crippen LogP contribution < -0.4 is 5.32 Å². The molecule has 0 radical (unpaired) electrons. The molecule has 1 aliphatic heterocycles. The van der Waals surface area contributed by atoms with E-state index >= 15 is 0 Å². The third kappa shape index (κ3) is 4.11. The van der Waals surface area contributed by atoms with Gasteiger partial charge in [0.15, 0.2) is 0 Å². The molecule has 0 saturated heterocycles. The molecule has 0 saturated carbocycles. The van der Waals surface area contributed by atoms with E-state index in [4.69, 9.17) is 0 Å². The van der Waals surface area contributed by atoms with Crippen LogP contribution >= 0.6 is 11.8 Å². The van der Waals surface area contributed by atoms with Crippen LogP contribution in [0.5, 0.6) is 0 Å². The van der Waals surface area contributed by atoms with Crippen molar-refractivity contribution in [2.75, 3.05) is 18.6 Å². The summed E-state index contributed by atoms with van der Waals surface area (Å²) < 4.78 is 0. The number of nitrogens with zero attached hydrogens (tertiary/aromatic N) is 1. The highest BCUT2D eigenvalue weighted by Crippen LogP contribution is 2.27. The lowest BCUT2D eigenvalue weighted by atomic mass is 10.0. The molecule has 2 amide bonds. The molecule has 0 aromatic heterocycles. The normalized spacial score (nSPS) is 16.2. The number of amides is 2. The third-order valence-corrected chi connectivity index (χ3v) is 4.97. The number of thioether (sulfide) groups is 1. The maximum Gasteiger partial charge on any atom is 0.255 e. The van der Waals surface area contributed by atoms with Gasteiger partial charge in [-0.2, -0.15) is 11.8 Å². The molecule has 132 valence electrons. The monoisotopic (exact) mass is 350 g/mol. The number of carbonyl (C=O) groups excluding carboxylic acids is 2. The first-order valence-corrected chi connectivity index (χ1v) is 9.68. The highest BCUT2D eigenvalue weighted by molar-refractivity contribution is 7.98. The van der Waals surface area contributed by atoms with Gasteiger partial charge in [0.1, 0.15) is 6.04 Å². The van der Waals surface area contributed by atoms with Gasteiger partial charge in [0, 0.05) is 12.1 Å². The molecular formula is C18H26N2O3S. The quantitative estimate of drug-likeness (QED) is 0.751. The van der Waals surface area contributed by atoms with Crippen LogP contribution in [0.3, 0.4) is 0 Å². The van der Waals surface area contributed by atoms with Crippen molar-refractivity contribution >= 4 is 23.6 Å². The summed E-state index contributed by atoms with van der Waals surface area (Å²) in [7, 11) is 0. The molecule has 0 bridgehead atoms. The van der Waals surface area contributed by atoms with Gasteiger partial charge >= 0.3 is 0 Å². The fraction of sp³-hybridized carbons (Fsp3) is 0.556. The van der Waals surface area contributed by atoms with Crippen LogP contribution in [-0.2, 0) is 11.3 Å². The summed E-state index contributed by atoms with van der Waals surface area (Å²) in [5, 5.41) is 12.4. The summed E-state index contributed by atoms with van der Waals surface area (Å²) in [5.74, 6) is 0.574. The fourth-order valence-electron chi connectivity index (χ4n) is 3.06. The first-order chi connectivity index (χ1) is 11.5. The Bertz CT molecular complexity index is 591. The van der Waals surface area contributed by atoms with Crippen molar-refractivity contribution < 1.29 is 14.7 Å². The summed E-state index contributed by atoms with van der Waals surface area (Å²) in [6.07, 6.45) is 2.70. The molecule has 2 N–H and O–H groups in total. The van der Waals surface area contributed by atoms with Gasteiger partial charge in [0.2, 0.25) is 5.91 Å². The van der Waals surface area contributed by atoms with E-state index in [-0.39, 0.29) is 30.4 Å². The number of nitrogens with one attached hydrogen (secondary N) is 1. The van der Waals surface area contributed by atoms with Gasteiger partial charge in [-0.15, -0.1) is 0 Å². The Hall–Kier alpha value is -1.53. The molecule has 1 aromatic rings. The number of benzene rings is 1. The Balaban J connectivity index is 2.13. The van der Waals surface area contributed by atoms with Crippen LogP contribution in [0.1, 0.15) is 36.2 Å². The average Bonchev–Trinajstić information content (AvgIpc) is 2.88. The minimum atomic E-state index is -0.534. The summed E-state index contributed by atoms with van der Waals surface area (Å²) in [6.45, 7) is 4.25. The zero-order chi connectivity index (χ0) is 17.7. The molecule has 24 heavy (non-hydrogen) atoms. The number of aliphatic hydroxyl groups is 1. The van der Waals surface area contributed by atoms with Crippen LogP contribution in [0, 0.1) is 5.92 Å². The summed E-state index contributed by atoms with van der Waals surface area (Å²) >= 11 is 1.68. The molecule has 5 nitrogen and oxygen atoms in total. The molecule has 0 aliphatic carbocycles. The Morgan fingerprint density at radius 3 is 2.67 bits per heavy atom. The minimum Gasteiger partial charge on any atom is -0.394 e. The van der Waals surface area contributed by atoms with E-state index in [1.165, 1.54) is 0 Å². The van der Waals surface area contributed by atoms with Crippen molar-refractivity contribution in [3.05, 3.63) is 35.4 Å². The molecule has 6 heteroatoms. The number of hydrogen-bond donors (Lipinski definition) is 2. The Kier molecular flexibility index (Phi) is 6.69. The molecule has 2 rings (SSSR count). The van der Waals surface area contributed by atoms with Crippen molar-refractivity contribution in [3.63, 3.8) is 0 Å². The number of carbonyl (C=O) groups is 2. The second-order valence-electron chi connectivity index (χ2n) is 6.45. The van der Waals surface area contributed by atoms with Crippen LogP contribution in [0.25, 0.3) is 0 Å². The number of fused-ring (bicyclic) bond motifs is 1. The highest BCUT2D eigenvalue weighted by Gasteiger charge is 2.38. The van der Waals surface area contributed by atoms with E-state index in [0.717, 1.165) is 11.3 Å². The van der Waals surface area contributed by atoms with Crippen LogP contribution in [0.4, 0.5) is 0 Å². The molecule has 1 aromatic carbocycles. The number of rotatable bonds is 8. The van der Waals surface area contributed by atoms with Crippen molar-refractivity contribution in [2.24, 2.45) is 5.92 Å². The Morgan fingerprint density at radius 1 is 1.38 bits per heavy atom. The largest absolute Gasteiger partial charge is 0.394 e. The standard InChI is InChI=1S/C18H26N2O3S/c1-12(2)16(17(22)19-14(11-21)8-9-24-3)20-10-13-6-4-5-7-15(13)18(20)23/h4-7,12,14,16,21H,8-11H2,1-3H3,(H,19,22)/t14-,16+/m1/s1. The van der Waals surface area contributed by atoms with Gasteiger partial charge in [-0.25, -0.2) is 0 Å². The van der Waals surface area contributed by atoms with Gasteiger partial charge in [0.05, 0.1) is 12.6 Å². The lowest BCUT2D eigenvalue weighted by Crippen LogP contribution is -2.53. The maximum atomic E-state index is 12.8. The minimum absolute atomic E-state index is 0.0110. The summed E-state index contributed by atoms with van der Waals surface area (Å²) in [6, 6.07) is 6.68. The smallest absolute Gasteiger partial charge is 0.255 e. The van der Waals surface area contributed by atoms with Gasteiger partial charge in [-0.1, -0.05) is 32.0 Å². The lowest BCUT2D eigenvalue weighted by Gasteiger charge is -2.31. The highest BCUT2D eigenvalue weighted by atomic mass is 32.2. The first-order valence-electron chi connectivity index (χ1n) is 8.28. The molecule has 0 spiro atoms. The Labute approximate surface area is 147 Å². The third-order valence-electron chi connectivity index (χ3n) is 4.32. The fourth-order valence-corrected chi connectivity index (χ4v) is 3.58. The second-order valence-corrected chi connectivity index (χ2v) is 7.43. The molecule has 1 aliphatic rings. The number of hydrogen-bond acceptors (Lipinski definition) is 4. The van der Waals surface area contributed by atoms with E-state index in [1.807, 2.05) is 44.4 Å². The number of aliphatic hydroxyl groups excluding tert-OH is 1. The summed E-state index contributed by atoms with van der Waals surface area (Å²) in [5.41, 5.74) is 1.64. The zero-order valence-corrected chi connectivity index (χ0v) is 15.3. The predicted octanol–water partition coefficient (Wildman–Crippen LogP) is 1.90. The summed E-state index contributed by atoms with van der Waals surface area (Å²) in [4.78, 5) is 27.1. The Morgan fingerprint density at radius 2 is 2.08 bits per heavy atom. The van der Waals surface area contributed by atoms with E-state index in [1.54, 1.807) is 16.7 Å². The van der Waals surface area contributed by atoms with Crippen LogP contribution in [0.15, 0.2) is 24.3 Å². The van der Waals surface area contributed by atoms with Crippen LogP contribution in [0.2, 0.25) is 0 Å². The maximum absolute atomic E-state index is 12.8. The van der Waals surface area contributed by atoms with Gasteiger partial charge in [-0.3, -0.25) is 9.59 Å². The van der Waals surface area contributed by atoms with Gasteiger partial charge in [-0.05, 0) is 36.0 Å². The molecule has 1 heterocycles. The molecule has 0 unspecified atom stereocenters. The van der Waals surface area contributed by atoms with Gasteiger partial charge < -0.3 is 15.3 Å². The molecular weight excluding hydrogens is 324 g/mol. The van der Waals surface area contributed by atoms with E-state index in [0.29, 0.717) is 18.5 Å². The van der Waals surface area contributed by atoms with Crippen molar-refractivity contribution in [2.45, 2.75) is 38.9 Å². The zero-order valence-electron chi connectivity index (χ0n) is 14.5. The van der Waals surface area contributed by atoms with Crippen molar-refractivity contribution in [1.82, 2.24) is 10.2 Å².